The van der Waals surface area contributed by atoms with Crippen LogP contribution in [0.2, 0.25) is 0 Å². The van der Waals surface area contributed by atoms with E-state index in [1.807, 2.05) is 0 Å². The lowest BCUT2D eigenvalue weighted by Gasteiger charge is -2.06. The topological polar surface area (TPSA) is 68.0 Å². The fourth-order valence-electron chi connectivity index (χ4n) is 1.40. The van der Waals surface area contributed by atoms with Crippen LogP contribution in [0.4, 0.5) is 20.3 Å². The van der Waals surface area contributed by atoms with E-state index in [-0.39, 0.29) is 11.4 Å². The Kier molecular flexibility index (Phi) is 4.52. The van der Waals surface area contributed by atoms with Crippen LogP contribution in [-0.4, -0.2) is 16.6 Å². The van der Waals surface area contributed by atoms with Gasteiger partial charge in [-0.2, -0.15) is 0 Å². The Morgan fingerprint density at radius 1 is 1.30 bits per heavy atom. The summed E-state index contributed by atoms with van der Waals surface area (Å²) in [6, 6.07) is 6.33. The van der Waals surface area contributed by atoms with Gasteiger partial charge in [-0.15, -0.1) is 11.8 Å². The van der Waals surface area contributed by atoms with Crippen molar-refractivity contribution in [2.45, 2.75) is 4.90 Å². The maximum atomic E-state index is 13.3. The lowest BCUT2D eigenvalue weighted by molar-refractivity contribution is -0.113. The zero-order chi connectivity index (χ0) is 14.5. The summed E-state index contributed by atoms with van der Waals surface area (Å²) in [5, 5.41) is 2.37. The second-order valence-corrected chi connectivity index (χ2v) is 4.93. The normalized spacial score (nSPS) is 10.3. The molecule has 20 heavy (non-hydrogen) atoms. The highest BCUT2D eigenvalue weighted by atomic mass is 32.2. The molecule has 0 atom stereocenters. The molecule has 0 bridgehead atoms. The van der Waals surface area contributed by atoms with Crippen molar-refractivity contribution >= 4 is 29.2 Å². The van der Waals surface area contributed by atoms with Crippen LogP contribution < -0.4 is 11.1 Å². The van der Waals surface area contributed by atoms with E-state index in [0.29, 0.717) is 11.9 Å². The van der Waals surface area contributed by atoms with Gasteiger partial charge in [-0.05, 0) is 24.3 Å². The standard InChI is InChI=1S/C13H11F2N3OS/c14-8-1-3-11(10(15)5-8)18-13(19)7-20-9-2-4-12(16)17-6-9/h1-6H,7H2,(H2,16,17)(H,18,19). The highest BCUT2D eigenvalue weighted by Gasteiger charge is 2.08. The van der Waals surface area contributed by atoms with Crippen LogP contribution in [0, 0.1) is 11.6 Å². The molecule has 1 heterocycles. The third-order valence-electron chi connectivity index (χ3n) is 2.33. The number of rotatable bonds is 4. The fraction of sp³-hybridized carbons (Fsp3) is 0.0769. The summed E-state index contributed by atoms with van der Waals surface area (Å²) >= 11 is 1.24. The summed E-state index contributed by atoms with van der Waals surface area (Å²) in [7, 11) is 0. The minimum Gasteiger partial charge on any atom is -0.384 e. The van der Waals surface area contributed by atoms with Gasteiger partial charge in [0.05, 0.1) is 11.4 Å². The summed E-state index contributed by atoms with van der Waals surface area (Å²) in [5.41, 5.74) is 5.39. The number of hydrogen-bond donors (Lipinski definition) is 2. The van der Waals surface area contributed by atoms with Crippen molar-refractivity contribution in [1.82, 2.24) is 4.98 Å². The van der Waals surface area contributed by atoms with Crippen LogP contribution in [0.25, 0.3) is 0 Å². The van der Waals surface area contributed by atoms with Crippen molar-refractivity contribution in [1.29, 1.82) is 0 Å². The molecule has 1 amide bonds. The average Bonchev–Trinajstić information content (AvgIpc) is 2.41. The maximum absolute atomic E-state index is 13.3. The molecule has 104 valence electrons. The predicted molar refractivity (Wildman–Crippen MR) is 74.4 cm³/mol. The molecule has 0 aliphatic rings. The van der Waals surface area contributed by atoms with Crippen LogP contribution in [0.1, 0.15) is 0 Å². The third kappa shape index (κ3) is 3.92. The minimum absolute atomic E-state index is 0.0487. The van der Waals surface area contributed by atoms with Crippen LogP contribution in [0.3, 0.4) is 0 Å². The number of anilines is 2. The molecule has 3 N–H and O–H groups in total. The summed E-state index contributed by atoms with van der Waals surface area (Å²) < 4.78 is 26.0. The van der Waals surface area contributed by atoms with E-state index in [2.05, 4.69) is 10.3 Å². The van der Waals surface area contributed by atoms with Crippen molar-refractivity contribution in [3.8, 4) is 0 Å². The second kappa shape index (κ2) is 6.33. The van der Waals surface area contributed by atoms with Crippen molar-refractivity contribution in [3.05, 3.63) is 48.2 Å². The summed E-state index contributed by atoms with van der Waals surface area (Å²) in [4.78, 5) is 16.3. The monoisotopic (exact) mass is 295 g/mol. The third-order valence-corrected chi connectivity index (χ3v) is 3.32. The Labute approximate surface area is 118 Å². The van der Waals surface area contributed by atoms with Gasteiger partial charge >= 0.3 is 0 Å². The van der Waals surface area contributed by atoms with E-state index in [1.165, 1.54) is 17.8 Å². The van der Waals surface area contributed by atoms with E-state index in [1.54, 1.807) is 18.3 Å². The number of carbonyl (C=O) groups is 1. The smallest absolute Gasteiger partial charge is 0.234 e. The van der Waals surface area contributed by atoms with Gasteiger partial charge in [-0.25, -0.2) is 13.8 Å². The predicted octanol–water partition coefficient (Wildman–Crippen LogP) is 2.67. The molecule has 1 aromatic heterocycles. The van der Waals surface area contributed by atoms with Gasteiger partial charge < -0.3 is 11.1 Å². The Hall–Kier alpha value is -2.15. The summed E-state index contributed by atoms with van der Waals surface area (Å²) in [6.45, 7) is 0. The van der Waals surface area contributed by atoms with Crippen molar-refractivity contribution < 1.29 is 13.6 Å². The van der Waals surface area contributed by atoms with E-state index in [9.17, 15) is 13.6 Å². The first kappa shape index (κ1) is 14.3. The first-order chi connectivity index (χ1) is 9.54. The summed E-state index contributed by atoms with van der Waals surface area (Å²) in [6.07, 6.45) is 1.55. The number of nitrogens with zero attached hydrogens (tertiary/aromatic N) is 1. The molecule has 2 rings (SSSR count). The molecule has 4 nitrogen and oxygen atoms in total. The number of carbonyl (C=O) groups excluding carboxylic acids is 1. The van der Waals surface area contributed by atoms with Crippen molar-refractivity contribution in [2.24, 2.45) is 0 Å². The van der Waals surface area contributed by atoms with Gasteiger partial charge in [-0.1, -0.05) is 0 Å². The number of aromatic nitrogens is 1. The number of pyridine rings is 1. The Balaban J connectivity index is 1.90. The average molecular weight is 295 g/mol. The van der Waals surface area contributed by atoms with Gasteiger partial charge in [0.2, 0.25) is 5.91 Å². The fourth-order valence-corrected chi connectivity index (χ4v) is 2.06. The zero-order valence-electron chi connectivity index (χ0n) is 10.3. The first-order valence-electron chi connectivity index (χ1n) is 5.64. The molecule has 0 saturated heterocycles. The van der Waals surface area contributed by atoms with Crippen LogP contribution in [0.5, 0.6) is 0 Å². The largest absolute Gasteiger partial charge is 0.384 e. The number of hydrogen-bond acceptors (Lipinski definition) is 4. The number of halogens is 2. The number of nitrogen functional groups attached to an aromatic ring is 1. The molecule has 0 saturated carbocycles. The van der Waals surface area contributed by atoms with Crippen LogP contribution in [0.15, 0.2) is 41.4 Å². The van der Waals surface area contributed by atoms with Crippen LogP contribution in [-0.2, 0) is 4.79 Å². The number of nitrogens with one attached hydrogen (secondary N) is 1. The van der Waals surface area contributed by atoms with Gasteiger partial charge in [-0.3, -0.25) is 4.79 Å². The molecular formula is C13H11F2N3OS. The van der Waals surface area contributed by atoms with E-state index in [0.717, 1.165) is 11.0 Å². The number of nitrogens with two attached hydrogens (primary N) is 1. The minimum atomic E-state index is -0.808. The van der Waals surface area contributed by atoms with E-state index >= 15 is 0 Å². The number of thioether (sulfide) groups is 1. The number of amides is 1. The molecule has 7 heteroatoms. The molecule has 0 aliphatic carbocycles. The zero-order valence-corrected chi connectivity index (χ0v) is 11.1. The quantitative estimate of drug-likeness (QED) is 0.851. The molecule has 0 spiro atoms. The van der Waals surface area contributed by atoms with Gasteiger partial charge in [0.25, 0.3) is 0 Å². The maximum Gasteiger partial charge on any atom is 0.234 e. The highest BCUT2D eigenvalue weighted by Crippen LogP contribution is 2.19. The van der Waals surface area contributed by atoms with E-state index < -0.39 is 17.5 Å². The molecular weight excluding hydrogens is 284 g/mol. The lowest BCUT2D eigenvalue weighted by Crippen LogP contribution is -2.15. The Morgan fingerprint density at radius 3 is 2.75 bits per heavy atom. The molecule has 0 fully saturated rings. The Bertz CT molecular complexity index is 620. The SMILES string of the molecule is Nc1ccc(SCC(=O)Nc2ccc(F)cc2F)cn1. The first-order valence-corrected chi connectivity index (χ1v) is 6.62. The molecule has 0 unspecified atom stereocenters. The Morgan fingerprint density at radius 2 is 2.10 bits per heavy atom. The van der Waals surface area contributed by atoms with Crippen LogP contribution >= 0.6 is 11.8 Å². The lowest BCUT2D eigenvalue weighted by atomic mass is 10.3. The van der Waals surface area contributed by atoms with Gasteiger partial charge in [0.15, 0.2) is 0 Å². The molecule has 0 aliphatic heterocycles. The molecule has 0 radical (unpaired) electrons. The molecule has 2 aromatic rings. The van der Waals surface area contributed by atoms with E-state index in [4.69, 9.17) is 5.73 Å². The van der Waals surface area contributed by atoms with Gasteiger partial charge in [0.1, 0.15) is 17.5 Å². The molecule has 1 aromatic carbocycles. The van der Waals surface area contributed by atoms with Gasteiger partial charge in [0, 0.05) is 17.2 Å². The summed E-state index contributed by atoms with van der Waals surface area (Å²) in [5.74, 6) is -1.41. The van der Waals surface area contributed by atoms with Crippen molar-refractivity contribution in [3.63, 3.8) is 0 Å². The second-order valence-electron chi connectivity index (χ2n) is 3.88. The number of benzene rings is 1. The highest BCUT2D eigenvalue weighted by molar-refractivity contribution is 8.00. The van der Waals surface area contributed by atoms with Crippen molar-refractivity contribution in [2.75, 3.05) is 16.8 Å².